The van der Waals surface area contributed by atoms with Crippen LogP contribution in [-0.4, -0.2) is 65.2 Å². The van der Waals surface area contributed by atoms with E-state index in [1.165, 1.54) is 30.4 Å². The molecule has 1 aliphatic rings. The minimum Gasteiger partial charge on any atom is -0.462 e. The van der Waals surface area contributed by atoms with Crippen LogP contribution in [0.1, 0.15) is 36.1 Å². The van der Waals surface area contributed by atoms with Gasteiger partial charge >= 0.3 is 18.3 Å². The van der Waals surface area contributed by atoms with Crippen LogP contribution in [-0.2, 0) is 31.9 Å². The van der Waals surface area contributed by atoms with Crippen LogP contribution in [0.5, 0.6) is 0 Å². The number of fused-ring (bicyclic) bond motifs is 1. The number of halogens is 7. The molecule has 3 aromatic rings. The lowest BCUT2D eigenvalue weighted by Gasteiger charge is -2.39. The van der Waals surface area contributed by atoms with Gasteiger partial charge in [-0.25, -0.2) is 8.42 Å². The van der Waals surface area contributed by atoms with E-state index < -0.39 is 44.4 Å². The van der Waals surface area contributed by atoms with E-state index in [4.69, 9.17) is 16.3 Å². The molecule has 254 valence electrons. The van der Waals surface area contributed by atoms with Crippen LogP contribution < -0.4 is 9.21 Å². The number of rotatable bonds is 10. The summed E-state index contributed by atoms with van der Waals surface area (Å²) in [7, 11) is -2.80. The average Bonchev–Trinajstić information content (AvgIpc) is 2.97. The topological polar surface area (TPSA) is 70.2 Å². The highest BCUT2D eigenvalue weighted by Gasteiger charge is 2.36. The highest BCUT2D eigenvalue weighted by atomic mass is 35.5. The molecule has 1 heterocycles. The van der Waals surface area contributed by atoms with Crippen LogP contribution in [0.2, 0.25) is 5.02 Å². The molecule has 4 rings (SSSR count). The van der Waals surface area contributed by atoms with Crippen molar-refractivity contribution < 1.29 is 44.3 Å². The third-order valence-electron chi connectivity index (χ3n) is 7.25. The van der Waals surface area contributed by atoms with E-state index in [0.29, 0.717) is 30.4 Å². The summed E-state index contributed by atoms with van der Waals surface area (Å²) >= 11 is 6.09. The molecule has 7 nitrogen and oxygen atoms in total. The number of alkyl halides is 6. The second kappa shape index (κ2) is 14.2. The van der Waals surface area contributed by atoms with E-state index in [2.05, 4.69) is 0 Å². The van der Waals surface area contributed by atoms with Gasteiger partial charge in [-0.15, -0.1) is 0 Å². The zero-order valence-corrected chi connectivity index (χ0v) is 27.1. The number of likely N-dealkylation sites (N-methyl/N-ethyl adjacent to an activating group) is 1. The fourth-order valence-electron chi connectivity index (χ4n) is 5.03. The van der Waals surface area contributed by atoms with Gasteiger partial charge < -0.3 is 9.64 Å². The van der Waals surface area contributed by atoms with E-state index in [1.807, 2.05) is 4.90 Å². The lowest BCUT2D eigenvalue weighted by Crippen LogP contribution is -2.46. The normalized spacial score (nSPS) is 14.3. The van der Waals surface area contributed by atoms with Crippen LogP contribution in [0.3, 0.4) is 0 Å². The zero-order valence-electron chi connectivity index (χ0n) is 25.6. The lowest BCUT2D eigenvalue weighted by molar-refractivity contribution is -0.148. The number of carbonyl (C=O) groups is 1. The Kier molecular flexibility index (Phi) is 10.9. The maximum Gasteiger partial charge on any atom is 0.417 e. The second-order valence-electron chi connectivity index (χ2n) is 11.1. The van der Waals surface area contributed by atoms with Crippen molar-refractivity contribution in [1.29, 1.82) is 0 Å². The van der Waals surface area contributed by atoms with Crippen molar-refractivity contribution in [1.82, 2.24) is 4.90 Å². The summed E-state index contributed by atoms with van der Waals surface area (Å²) in [4.78, 5) is 15.1. The maximum atomic E-state index is 13.8. The first-order valence-corrected chi connectivity index (χ1v) is 16.2. The molecule has 0 N–H and O–H groups in total. The molecule has 15 heteroatoms. The molecule has 3 aromatic carbocycles. The quantitative estimate of drug-likeness (QED) is 0.124. The molecule has 0 atom stereocenters. The Hall–Kier alpha value is -3.75. The molecule has 0 aromatic heterocycles. The van der Waals surface area contributed by atoms with Crippen molar-refractivity contribution in [2.75, 3.05) is 49.0 Å². The molecule has 0 unspecified atom stereocenters. The van der Waals surface area contributed by atoms with Crippen molar-refractivity contribution in [3.05, 3.63) is 87.9 Å². The molecule has 0 fully saturated rings. The minimum atomic E-state index is -4.78. The van der Waals surface area contributed by atoms with Crippen molar-refractivity contribution in [3.8, 4) is 0 Å². The Bertz CT molecular complexity index is 1750. The number of carbonyl (C=O) groups excluding carboxylic acids is 1. The highest BCUT2D eigenvalue weighted by Crippen LogP contribution is 2.40. The van der Waals surface area contributed by atoms with E-state index in [9.17, 15) is 39.6 Å². The number of anilines is 2. The lowest BCUT2D eigenvalue weighted by atomic mass is 10.0. The molecule has 0 bridgehead atoms. The van der Waals surface area contributed by atoms with Crippen LogP contribution in [0.15, 0.2) is 65.6 Å². The number of benzene rings is 3. The summed E-state index contributed by atoms with van der Waals surface area (Å²) in [5.74, 6) is -0.413. The molecule has 47 heavy (non-hydrogen) atoms. The van der Waals surface area contributed by atoms with E-state index >= 15 is 0 Å². The molecule has 0 saturated carbocycles. The first-order valence-electron chi connectivity index (χ1n) is 14.4. The standard InChI is InChI=1S/C32H32ClF6N3O4S/c1-21(2)46-30(43)20-40(3)14-15-41-16-17-42(47(44,45)24-7-4-6-23(19-24)31(34,35)36)29-18-22(11-13-28(29)41)10-12-25-26(32(37,38)39)8-5-9-27(25)33/h4-13,18-19,21H,14-17,20H2,1-3H3/b12-10+. The molecular weight excluding hydrogens is 672 g/mol. The third kappa shape index (κ3) is 8.79. The van der Waals surface area contributed by atoms with Crippen molar-refractivity contribution in [2.24, 2.45) is 0 Å². The van der Waals surface area contributed by atoms with Gasteiger partial charge in [-0.3, -0.25) is 14.0 Å². The third-order valence-corrected chi connectivity index (χ3v) is 9.39. The van der Waals surface area contributed by atoms with Crippen LogP contribution in [0.4, 0.5) is 37.7 Å². The summed E-state index contributed by atoms with van der Waals surface area (Å²) in [6.45, 7) is 4.23. The Labute approximate surface area is 274 Å². The van der Waals surface area contributed by atoms with Gasteiger partial charge in [-0.2, -0.15) is 26.3 Å². The predicted octanol–water partition coefficient (Wildman–Crippen LogP) is 7.45. The van der Waals surface area contributed by atoms with Gasteiger partial charge in [0.25, 0.3) is 10.0 Å². The van der Waals surface area contributed by atoms with Crippen molar-refractivity contribution in [3.63, 3.8) is 0 Å². The Balaban J connectivity index is 1.72. The SMILES string of the molecule is CC(C)OC(=O)CN(C)CCN1CCN(S(=O)(=O)c2cccc(C(F)(F)F)c2)c2cc(/C=C/c3c(Cl)cccc3C(F)(F)F)ccc21. The Morgan fingerprint density at radius 2 is 1.66 bits per heavy atom. The maximum absolute atomic E-state index is 13.8. The second-order valence-corrected chi connectivity index (χ2v) is 13.4. The molecule has 0 radical (unpaired) electrons. The summed E-state index contributed by atoms with van der Waals surface area (Å²) in [6.07, 6.45) is -7.23. The molecule has 1 aliphatic heterocycles. The number of esters is 1. The molecule has 0 aliphatic carbocycles. The van der Waals surface area contributed by atoms with Crippen molar-refractivity contribution >= 4 is 51.1 Å². The summed E-state index contributed by atoms with van der Waals surface area (Å²) < 4.78 is 115. The van der Waals surface area contributed by atoms with Gasteiger partial charge in [-0.1, -0.05) is 42.0 Å². The highest BCUT2D eigenvalue weighted by molar-refractivity contribution is 7.92. The largest absolute Gasteiger partial charge is 0.462 e. The van der Waals surface area contributed by atoms with E-state index in [0.717, 1.165) is 28.6 Å². The summed E-state index contributed by atoms with van der Waals surface area (Å²) in [5.41, 5.74) is -1.51. The number of sulfonamides is 1. The molecule has 0 amide bonds. The fraction of sp³-hybridized carbons (Fsp3) is 0.344. The van der Waals surface area contributed by atoms with E-state index in [-0.39, 0.29) is 42.0 Å². The first kappa shape index (κ1) is 36.1. The van der Waals surface area contributed by atoms with Crippen LogP contribution >= 0.6 is 11.6 Å². The summed E-state index contributed by atoms with van der Waals surface area (Å²) in [6, 6.07) is 11.4. The first-order chi connectivity index (χ1) is 21.9. The number of nitrogens with zero attached hydrogens (tertiary/aromatic N) is 3. The monoisotopic (exact) mass is 703 g/mol. The Morgan fingerprint density at radius 1 is 0.957 bits per heavy atom. The van der Waals surface area contributed by atoms with Gasteiger partial charge in [0.15, 0.2) is 0 Å². The molecule has 0 spiro atoms. The van der Waals surface area contributed by atoms with Gasteiger partial charge in [0.05, 0.1) is 46.6 Å². The fourth-order valence-corrected chi connectivity index (χ4v) is 6.78. The van der Waals surface area contributed by atoms with Crippen LogP contribution in [0, 0.1) is 0 Å². The Morgan fingerprint density at radius 3 is 2.32 bits per heavy atom. The predicted molar refractivity (Wildman–Crippen MR) is 169 cm³/mol. The summed E-state index contributed by atoms with van der Waals surface area (Å²) in [5, 5.41) is -0.143. The average molecular weight is 704 g/mol. The van der Waals surface area contributed by atoms with Crippen molar-refractivity contribution in [2.45, 2.75) is 37.2 Å². The number of hydrogen-bond acceptors (Lipinski definition) is 6. The molecule has 0 saturated heterocycles. The van der Waals surface area contributed by atoms with Gasteiger partial charge in [-0.05, 0) is 68.9 Å². The number of ether oxygens (including phenoxy) is 1. The minimum absolute atomic E-state index is 0.0145. The van der Waals surface area contributed by atoms with Crippen LogP contribution in [0.25, 0.3) is 12.2 Å². The number of hydrogen-bond donors (Lipinski definition) is 0. The molecular formula is C32H32ClF6N3O4S. The smallest absolute Gasteiger partial charge is 0.417 e. The van der Waals surface area contributed by atoms with Gasteiger partial charge in [0, 0.05) is 30.2 Å². The zero-order chi connectivity index (χ0) is 34.7. The van der Waals surface area contributed by atoms with E-state index in [1.54, 1.807) is 37.9 Å². The van der Waals surface area contributed by atoms with Gasteiger partial charge in [0.1, 0.15) is 0 Å². The van der Waals surface area contributed by atoms with Gasteiger partial charge in [0.2, 0.25) is 0 Å².